The maximum atomic E-state index is 6.14. The molecule has 0 radical (unpaired) electrons. The molecule has 1 aliphatic rings. The van der Waals surface area contributed by atoms with Crippen molar-refractivity contribution >= 4 is 23.2 Å². The van der Waals surface area contributed by atoms with Crippen LogP contribution in [0.2, 0.25) is 10.0 Å². The normalized spacial score (nSPS) is 18.9. The van der Waals surface area contributed by atoms with Gasteiger partial charge < -0.3 is 5.32 Å². The Kier molecular flexibility index (Phi) is 3.78. The van der Waals surface area contributed by atoms with E-state index < -0.39 is 0 Å². The predicted octanol–water partition coefficient (Wildman–Crippen LogP) is 4.42. The number of hydrogen-bond acceptors (Lipinski definition) is 1. The molecule has 0 unspecified atom stereocenters. The fourth-order valence-corrected chi connectivity index (χ4v) is 2.87. The first-order chi connectivity index (χ1) is 7.61. The fraction of sp³-hybridized carbons (Fsp3) is 0.538. The Hall–Kier alpha value is -0.240. The average Bonchev–Trinajstić information content (AvgIpc) is 2.65. The summed E-state index contributed by atoms with van der Waals surface area (Å²) in [5, 5.41) is 5.09. The van der Waals surface area contributed by atoms with Crippen LogP contribution in [0.1, 0.15) is 38.2 Å². The molecule has 0 heterocycles. The van der Waals surface area contributed by atoms with E-state index in [4.69, 9.17) is 23.2 Å². The highest BCUT2D eigenvalue weighted by molar-refractivity contribution is 6.35. The summed E-state index contributed by atoms with van der Waals surface area (Å²) in [7, 11) is 0. The second-order valence-electron chi connectivity index (χ2n) is 4.82. The maximum Gasteiger partial charge on any atom is 0.0465 e. The van der Waals surface area contributed by atoms with Gasteiger partial charge in [-0.3, -0.25) is 0 Å². The highest BCUT2D eigenvalue weighted by Crippen LogP contribution is 2.31. The Balaban J connectivity index is 2.04. The SMILES string of the molecule is CC1(NCc2c(Cl)cccc2Cl)CCCC1. The zero-order valence-electron chi connectivity index (χ0n) is 9.52. The number of halogens is 2. The van der Waals surface area contributed by atoms with Crippen molar-refractivity contribution in [2.24, 2.45) is 0 Å². The van der Waals surface area contributed by atoms with E-state index in [0.717, 1.165) is 22.2 Å². The van der Waals surface area contributed by atoms with Gasteiger partial charge in [0.2, 0.25) is 0 Å². The van der Waals surface area contributed by atoms with E-state index in [1.54, 1.807) is 0 Å². The van der Waals surface area contributed by atoms with E-state index in [0.29, 0.717) is 0 Å². The van der Waals surface area contributed by atoms with Gasteiger partial charge in [0, 0.05) is 27.7 Å². The standard InChI is InChI=1S/C13H17Cl2N/c1-13(7-2-3-8-13)16-9-10-11(14)5-4-6-12(10)15/h4-6,16H,2-3,7-9H2,1H3. The van der Waals surface area contributed by atoms with E-state index in [-0.39, 0.29) is 5.54 Å². The highest BCUT2D eigenvalue weighted by Gasteiger charge is 2.27. The van der Waals surface area contributed by atoms with E-state index in [2.05, 4.69) is 12.2 Å². The first kappa shape index (κ1) is 12.2. The maximum absolute atomic E-state index is 6.14. The lowest BCUT2D eigenvalue weighted by Crippen LogP contribution is -2.38. The smallest absolute Gasteiger partial charge is 0.0465 e. The molecule has 1 aromatic carbocycles. The molecular formula is C13H17Cl2N. The molecule has 0 amide bonds. The van der Waals surface area contributed by atoms with Gasteiger partial charge in [0.25, 0.3) is 0 Å². The molecule has 1 saturated carbocycles. The summed E-state index contributed by atoms with van der Waals surface area (Å²) >= 11 is 12.3. The predicted molar refractivity (Wildman–Crippen MR) is 70.2 cm³/mol. The lowest BCUT2D eigenvalue weighted by atomic mass is 10.0. The van der Waals surface area contributed by atoms with Gasteiger partial charge in [0.15, 0.2) is 0 Å². The van der Waals surface area contributed by atoms with Crippen LogP contribution in [0, 0.1) is 0 Å². The van der Waals surface area contributed by atoms with Crippen LogP contribution in [0.25, 0.3) is 0 Å². The van der Waals surface area contributed by atoms with Crippen LogP contribution < -0.4 is 5.32 Å². The summed E-state index contributed by atoms with van der Waals surface area (Å²) in [6, 6.07) is 5.66. The van der Waals surface area contributed by atoms with Gasteiger partial charge in [0.05, 0.1) is 0 Å². The summed E-state index contributed by atoms with van der Waals surface area (Å²) in [6.45, 7) is 3.04. The minimum absolute atomic E-state index is 0.266. The van der Waals surface area contributed by atoms with Crippen molar-refractivity contribution in [3.63, 3.8) is 0 Å². The molecule has 0 saturated heterocycles. The van der Waals surface area contributed by atoms with Crippen LogP contribution in [-0.2, 0) is 6.54 Å². The quantitative estimate of drug-likeness (QED) is 0.846. The molecule has 1 nitrogen and oxygen atoms in total. The number of rotatable bonds is 3. The van der Waals surface area contributed by atoms with Gasteiger partial charge in [-0.2, -0.15) is 0 Å². The molecule has 1 fully saturated rings. The fourth-order valence-electron chi connectivity index (χ4n) is 2.34. The van der Waals surface area contributed by atoms with Crippen molar-refractivity contribution in [2.45, 2.75) is 44.7 Å². The first-order valence-electron chi connectivity index (χ1n) is 5.79. The lowest BCUT2D eigenvalue weighted by Gasteiger charge is -2.26. The molecule has 0 bridgehead atoms. The largest absolute Gasteiger partial charge is 0.307 e. The van der Waals surface area contributed by atoms with Crippen molar-refractivity contribution in [1.82, 2.24) is 5.32 Å². The Bertz CT molecular complexity index is 350. The molecule has 88 valence electrons. The van der Waals surface area contributed by atoms with Gasteiger partial charge in [-0.15, -0.1) is 0 Å². The third kappa shape index (κ3) is 2.71. The number of hydrogen-bond donors (Lipinski definition) is 1. The molecule has 16 heavy (non-hydrogen) atoms. The second kappa shape index (κ2) is 4.95. The Morgan fingerprint density at radius 1 is 1.19 bits per heavy atom. The molecule has 1 aliphatic carbocycles. The van der Waals surface area contributed by atoms with E-state index in [1.165, 1.54) is 25.7 Å². The zero-order chi connectivity index (χ0) is 11.6. The van der Waals surface area contributed by atoms with Crippen molar-refractivity contribution in [1.29, 1.82) is 0 Å². The molecule has 3 heteroatoms. The molecule has 0 aromatic heterocycles. The summed E-state index contributed by atoms with van der Waals surface area (Å²) in [6.07, 6.45) is 5.13. The van der Waals surface area contributed by atoms with E-state index in [9.17, 15) is 0 Å². The van der Waals surface area contributed by atoms with E-state index >= 15 is 0 Å². The summed E-state index contributed by atoms with van der Waals surface area (Å²) in [5.74, 6) is 0. The summed E-state index contributed by atoms with van der Waals surface area (Å²) in [5.41, 5.74) is 1.28. The van der Waals surface area contributed by atoms with Crippen LogP contribution in [0.15, 0.2) is 18.2 Å². The molecule has 0 spiro atoms. The highest BCUT2D eigenvalue weighted by atomic mass is 35.5. The Morgan fingerprint density at radius 3 is 2.31 bits per heavy atom. The van der Waals surface area contributed by atoms with Crippen LogP contribution in [0.5, 0.6) is 0 Å². The Morgan fingerprint density at radius 2 is 1.75 bits per heavy atom. The topological polar surface area (TPSA) is 12.0 Å². The average molecular weight is 258 g/mol. The minimum Gasteiger partial charge on any atom is -0.307 e. The third-order valence-electron chi connectivity index (χ3n) is 3.46. The van der Waals surface area contributed by atoms with Crippen molar-refractivity contribution < 1.29 is 0 Å². The second-order valence-corrected chi connectivity index (χ2v) is 5.64. The minimum atomic E-state index is 0.266. The van der Waals surface area contributed by atoms with Crippen LogP contribution in [0.3, 0.4) is 0 Å². The van der Waals surface area contributed by atoms with Gasteiger partial charge in [-0.1, -0.05) is 42.1 Å². The zero-order valence-corrected chi connectivity index (χ0v) is 11.0. The van der Waals surface area contributed by atoms with Crippen LogP contribution in [0.4, 0.5) is 0 Å². The molecule has 1 aromatic rings. The van der Waals surface area contributed by atoms with E-state index in [1.807, 2.05) is 18.2 Å². The molecule has 0 atom stereocenters. The van der Waals surface area contributed by atoms with Crippen molar-refractivity contribution in [3.05, 3.63) is 33.8 Å². The number of nitrogens with one attached hydrogen (secondary N) is 1. The van der Waals surface area contributed by atoms with Crippen molar-refractivity contribution in [3.8, 4) is 0 Å². The van der Waals surface area contributed by atoms with Gasteiger partial charge in [-0.25, -0.2) is 0 Å². The first-order valence-corrected chi connectivity index (χ1v) is 6.54. The molecular weight excluding hydrogens is 241 g/mol. The van der Waals surface area contributed by atoms with Gasteiger partial charge in [0.1, 0.15) is 0 Å². The lowest BCUT2D eigenvalue weighted by molar-refractivity contribution is 0.363. The number of benzene rings is 1. The van der Waals surface area contributed by atoms with Gasteiger partial charge >= 0.3 is 0 Å². The van der Waals surface area contributed by atoms with Crippen molar-refractivity contribution in [2.75, 3.05) is 0 Å². The van der Waals surface area contributed by atoms with Crippen LogP contribution in [-0.4, -0.2) is 5.54 Å². The third-order valence-corrected chi connectivity index (χ3v) is 4.17. The Labute approximate surface area is 107 Å². The van der Waals surface area contributed by atoms with Gasteiger partial charge in [-0.05, 0) is 31.9 Å². The molecule has 1 N–H and O–H groups in total. The van der Waals surface area contributed by atoms with Crippen LogP contribution >= 0.6 is 23.2 Å². The monoisotopic (exact) mass is 257 g/mol. The molecule has 2 rings (SSSR count). The molecule has 0 aliphatic heterocycles. The summed E-state index contributed by atoms with van der Waals surface area (Å²) in [4.78, 5) is 0. The summed E-state index contributed by atoms with van der Waals surface area (Å²) < 4.78 is 0.